The summed E-state index contributed by atoms with van der Waals surface area (Å²) in [5, 5.41) is 20.1. The molecule has 0 aromatic rings. The number of esters is 1. The van der Waals surface area contributed by atoms with Gasteiger partial charge in [-0.3, -0.25) is 9.59 Å². The minimum atomic E-state index is -0.879. The van der Waals surface area contributed by atoms with Crippen LogP contribution in [0.1, 0.15) is 41.0 Å². The van der Waals surface area contributed by atoms with Gasteiger partial charge in [0.25, 0.3) is 0 Å². The molecule has 1 aliphatic rings. The lowest BCUT2D eigenvalue weighted by atomic mass is 9.84. The maximum Gasteiger partial charge on any atom is 0.311 e. The minimum Gasteiger partial charge on any atom is -0.459 e. The van der Waals surface area contributed by atoms with Gasteiger partial charge >= 0.3 is 5.97 Å². The molecule has 1 rings (SSSR count). The van der Waals surface area contributed by atoms with E-state index in [1.54, 1.807) is 26.8 Å². The number of hydrogen-bond acceptors (Lipinski definition) is 5. The molecule has 126 valence electrons. The van der Waals surface area contributed by atoms with Crippen LogP contribution in [0.5, 0.6) is 0 Å². The van der Waals surface area contributed by atoms with Crippen LogP contribution in [0.3, 0.4) is 0 Å². The third kappa shape index (κ3) is 4.65. The van der Waals surface area contributed by atoms with Crippen molar-refractivity contribution in [3.8, 4) is 0 Å². The zero-order valence-electron chi connectivity index (χ0n) is 14.0. The van der Waals surface area contributed by atoms with Crippen molar-refractivity contribution in [1.82, 2.24) is 0 Å². The van der Waals surface area contributed by atoms with Crippen LogP contribution < -0.4 is 0 Å². The highest BCUT2D eigenvalue weighted by Crippen LogP contribution is 2.25. The molecule has 0 saturated heterocycles. The van der Waals surface area contributed by atoms with Crippen LogP contribution in [-0.2, 0) is 14.3 Å². The zero-order valence-corrected chi connectivity index (χ0v) is 14.0. The SMILES string of the molecule is CC(O)[C@H]1OC(=O)[C@H](C)[C@@H](O)[C@@H](C)C[C@@H](C)C(=O)/C=C/[C@H]1C. The molecule has 1 heterocycles. The van der Waals surface area contributed by atoms with Gasteiger partial charge in [-0.15, -0.1) is 0 Å². The molecule has 1 aliphatic heterocycles. The Labute approximate surface area is 132 Å². The van der Waals surface area contributed by atoms with E-state index >= 15 is 0 Å². The second-order valence-corrected chi connectivity index (χ2v) is 6.66. The molecule has 0 saturated carbocycles. The van der Waals surface area contributed by atoms with Gasteiger partial charge in [0.05, 0.1) is 18.1 Å². The van der Waals surface area contributed by atoms with E-state index in [4.69, 9.17) is 4.74 Å². The molecular weight excluding hydrogens is 284 g/mol. The predicted octanol–water partition coefficient (Wildman–Crippen LogP) is 1.71. The molecular formula is C17H28O5. The largest absolute Gasteiger partial charge is 0.459 e. The smallest absolute Gasteiger partial charge is 0.311 e. The van der Waals surface area contributed by atoms with Crippen molar-refractivity contribution >= 4 is 11.8 Å². The summed E-state index contributed by atoms with van der Waals surface area (Å²) in [6.07, 6.45) is 1.20. The lowest BCUT2D eigenvalue weighted by molar-refractivity contribution is -0.166. The molecule has 0 aliphatic carbocycles. The Morgan fingerprint density at radius 2 is 1.82 bits per heavy atom. The van der Waals surface area contributed by atoms with Crippen LogP contribution in [-0.4, -0.2) is 40.3 Å². The van der Waals surface area contributed by atoms with E-state index in [9.17, 15) is 19.8 Å². The fraction of sp³-hybridized carbons (Fsp3) is 0.765. The Morgan fingerprint density at radius 1 is 1.23 bits per heavy atom. The number of carbonyl (C=O) groups is 2. The van der Waals surface area contributed by atoms with E-state index in [0.717, 1.165) is 0 Å². The Bertz CT molecular complexity index is 429. The van der Waals surface area contributed by atoms with Gasteiger partial charge in [-0.05, 0) is 32.3 Å². The highest BCUT2D eigenvalue weighted by molar-refractivity contribution is 5.91. The van der Waals surface area contributed by atoms with Gasteiger partial charge in [-0.2, -0.15) is 0 Å². The van der Waals surface area contributed by atoms with Gasteiger partial charge in [-0.1, -0.05) is 26.8 Å². The van der Waals surface area contributed by atoms with Crippen molar-refractivity contribution in [3.63, 3.8) is 0 Å². The molecule has 7 atom stereocenters. The molecule has 0 aromatic carbocycles. The Balaban J connectivity index is 3.11. The van der Waals surface area contributed by atoms with Gasteiger partial charge < -0.3 is 14.9 Å². The molecule has 22 heavy (non-hydrogen) atoms. The summed E-state index contributed by atoms with van der Waals surface area (Å²) in [5.74, 6) is -1.95. The van der Waals surface area contributed by atoms with Gasteiger partial charge in [0, 0.05) is 11.8 Å². The highest BCUT2D eigenvalue weighted by atomic mass is 16.6. The summed E-state index contributed by atoms with van der Waals surface area (Å²) in [5.41, 5.74) is 0. The van der Waals surface area contributed by atoms with E-state index in [1.165, 1.54) is 6.08 Å². The average Bonchev–Trinajstić information content (AvgIpc) is 2.46. The molecule has 0 fully saturated rings. The summed E-state index contributed by atoms with van der Waals surface area (Å²) in [6.45, 7) is 8.59. The lowest BCUT2D eigenvalue weighted by Crippen LogP contribution is -2.40. The normalized spacial score (nSPS) is 41.0. The summed E-state index contributed by atoms with van der Waals surface area (Å²) in [6, 6.07) is 0. The molecule has 0 radical (unpaired) electrons. The predicted molar refractivity (Wildman–Crippen MR) is 83.0 cm³/mol. The Kier molecular flexibility index (Phi) is 6.75. The van der Waals surface area contributed by atoms with Crippen LogP contribution in [0.15, 0.2) is 12.2 Å². The first-order valence-electron chi connectivity index (χ1n) is 7.93. The third-order valence-corrected chi connectivity index (χ3v) is 4.49. The fourth-order valence-corrected chi connectivity index (χ4v) is 2.85. The van der Waals surface area contributed by atoms with Crippen molar-refractivity contribution in [3.05, 3.63) is 12.2 Å². The Morgan fingerprint density at radius 3 is 2.36 bits per heavy atom. The van der Waals surface area contributed by atoms with E-state index in [-0.39, 0.29) is 23.5 Å². The van der Waals surface area contributed by atoms with E-state index in [1.807, 2.05) is 13.8 Å². The minimum absolute atomic E-state index is 0.0187. The lowest BCUT2D eigenvalue weighted by Gasteiger charge is -2.30. The van der Waals surface area contributed by atoms with E-state index < -0.39 is 30.2 Å². The number of carbonyl (C=O) groups excluding carboxylic acids is 2. The summed E-state index contributed by atoms with van der Waals surface area (Å²) >= 11 is 0. The molecule has 0 bridgehead atoms. The number of rotatable bonds is 1. The van der Waals surface area contributed by atoms with Crippen LogP contribution in [0, 0.1) is 23.7 Å². The van der Waals surface area contributed by atoms with E-state index in [0.29, 0.717) is 6.42 Å². The van der Waals surface area contributed by atoms with Gasteiger partial charge in [0.15, 0.2) is 5.78 Å². The van der Waals surface area contributed by atoms with Crippen molar-refractivity contribution < 1.29 is 24.5 Å². The first-order chi connectivity index (χ1) is 10.1. The highest BCUT2D eigenvalue weighted by Gasteiger charge is 2.34. The van der Waals surface area contributed by atoms with E-state index in [2.05, 4.69) is 0 Å². The van der Waals surface area contributed by atoms with Crippen LogP contribution in [0.2, 0.25) is 0 Å². The van der Waals surface area contributed by atoms with Crippen molar-refractivity contribution in [2.24, 2.45) is 23.7 Å². The number of aliphatic hydroxyl groups excluding tert-OH is 2. The van der Waals surface area contributed by atoms with Gasteiger partial charge in [0.1, 0.15) is 6.10 Å². The van der Waals surface area contributed by atoms with Gasteiger partial charge in [0.2, 0.25) is 0 Å². The fourth-order valence-electron chi connectivity index (χ4n) is 2.85. The first kappa shape index (κ1) is 18.8. The monoisotopic (exact) mass is 312 g/mol. The first-order valence-corrected chi connectivity index (χ1v) is 7.93. The topological polar surface area (TPSA) is 83.8 Å². The summed E-state index contributed by atoms with van der Waals surface area (Å²) in [4.78, 5) is 24.3. The molecule has 0 amide bonds. The second kappa shape index (κ2) is 7.88. The number of aliphatic hydroxyl groups is 2. The van der Waals surface area contributed by atoms with Crippen molar-refractivity contribution in [1.29, 1.82) is 0 Å². The Hall–Kier alpha value is -1.20. The van der Waals surface area contributed by atoms with Crippen LogP contribution >= 0.6 is 0 Å². The van der Waals surface area contributed by atoms with Crippen LogP contribution in [0.25, 0.3) is 0 Å². The maximum atomic E-state index is 12.2. The molecule has 1 unspecified atom stereocenters. The zero-order chi connectivity index (χ0) is 17.0. The number of allylic oxidation sites excluding steroid dienone is 1. The summed E-state index contributed by atoms with van der Waals surface area (Å²) in [7, 11) is 0. The quantitative estimate of drug-likeness (QED) is 0.720. The number of ether oxygens (including phenoxy) is 1. The number of ketones is 1. The van der Waals surface area contributed by atoms with Gasteiger partial charge in [-0.25, -0.2) is 0 Å². The standard InChI is InChI=1S/C17H28O5/c1-9-6-7-14(19)10(2)8-11(3)15(20)12(4)17(21)22-16(9)13(5)18/h6-7,9-13,15-16,18,20H,8H2,1-5H3/b7-6+/t9-,10-,11+,12-,13?,15+,16+/m1/s1. The molecule has 0 aromatic heterocycles. The summed E-state index contributed by atoms with van der Waals surface area (Å²) < 4.78 is 5.38. The average molecular weight is 312 g/mol. The number of hydrogen-bond donors (Lipinski definition) is 2. The molecule has 2 N–H and O–H groups in total. The molecule has 5 nitrogen and oxygen atoms in total. The van der Waals surface area contributed by atoms with Crippen LogP contribution in [0.4, 0.5) is 0 Å². The second-order valence-electron chi connectivity index (χ2n) is 6.66. The van der Waals surface area contributed by atoms with Crippen molar-refractivity contribution in [2.45, 2.75) is 59.4 Å². The number of cyclic esters (lactones) is 1. The van der Waals surface area contributed by atoms with Crippen molar-refractivity contribution in [2.75, 3.05) is 0 Å². The maximum absolute atomic E-state index is 12.2. The molecule has 5 heteroatoms. The third-order valence-electron chi connectivity index (χ3n) is 4.49. The molecule has 0 spiro atoms.